The maximum Gasteiger partial charge on any atom is 0.161 e. The van der Waals surface area contributed by atoms with Crippen molar-refractivity contribution in [3.05, 3.63) is 54.6 Å². The standard InChI is InChI=1S/C19H25NO5/c21-11-13-24-19-9-5-4-8-18(19)23-12-10-20-14-16(22)15-25-17-6-2-1-3-7-17/h1-9,16,20-22H,10-15H2. The van der Waals surface area contributed by atoms with Gasteiger partial charge in [-0.25, -0.2) is 0 Å². The van der Waals surface area contributed by atoms with E-state index in [0.717, 1.165) is 5.75 Å². The zero-order chi connectivity index (χ0) is 17.7. The van der Waals surface area contributed by atoms with E-state index >= 15 is 0 Å². The summed E-state index contributed by atoms with van der Waals surface area (Å²) in [5.41, 5.74) is 0. The average Bonchev–Trinajstić information content (AvgIpc) is 2.66. The van der Waals surface area contributed by atoms with Crippen LogP contribution < -0.4 is 19.5 Å². The van der Waals surface area contributed by atoms with Crippen LogP contribution in [0.1, 0.15) is 0 Å². The normalized spacial score (nSPS) is 11.8. The molecule has 0 fully saturated rings. The summed E-state index contributed by atoms with van der Waals surface area (Å²) >= 11 is 0. The number of aliphatic hydroxyl groups is 2. The van der Waals surface area contributed by atoms with Crippen molar-refractivity contribution in [2.75, 3.05) is 39.5 Å². The van der Waals surface area contributed by atoms with Crippen LogP contribution in [0.5, 0.6) is 17.2 Å². The Kier molecular flexibility index (Phi) is 8.61. The SMILES string of the molecule is OCCOc1ccccc1OCCNCC(O)COc1ccccc1. The summed E-state index contributed by atoms with van der Waals surface area (Å²) in [4.78, 5) is 0. The van der Waals surface area contributed by atoms with Gasteiger partial charge in [0, 0.05) is 13.1 Å². The molecule has 3 N–H and O–H groups in total. The van der Waals surface area contributed by atoms with Gasteiger partial charge in [0.05, 0.1) is 6.61 Å². The van der Waals surface area contributed by atoms with Crippen LogP contribution >= 0.6 is 0 Å². The number of ether oxygens (including phenoxy) is 3. The van der Waals surface area contributed by atoms with Gasteiger partial charge in [-0.1, -0.05) is 30.3 Å². The van der Waals surface area contributed by atoms with Crippen LogP contribution in [0.3, 0.4) is 0 Å². The molecule has 0 aliphatic heterocycles. The number of aliphatic hydroxyl groups excluding tert-OH is 2. The Morgan fingerprint density at radius 1 is 0.840 bits per heavy atom. The van der Waals surface area contributed by atoms with Crippen molar-refractivity contribution >= 4 is 0 Å². The van der Waals surface area contributed by atoms with Gasteiger partial charge >= 0.3 is 0 Å². The van der Waals surface area contributed by atoms with Gasteiger partial charge in [0.1, 0.15) is 31.7 Å². The van der Waals surface area contributed by atoms with Gasteiger partial charge in [-0.3, -0.25) is 0 Å². The lowest BCUT2D eigenvalue weighted by molar-refractivity contribution is 0.105. The van der Waals surface area contributed by atoms with E-state index in [0.29, 0.717) is 31.2 Å². The first-order valence-electron chi connectivity index (χ1n) is 8.31. The number of benzene rings is 2. The van der Waals surface area contributed by atoms with Crippen LogP contribution in [0.4, 0.5) is 0 Å². The third-order valence-electron chi connectivity index (χ3n) is 3.30. The van der Waals surface area contributed by atoms with E-state index in [1.165, 1.54) is 0 Å². The van der Waals surface area contributed by atoms with Gasteiger partial charge in [0.25, 0.3) is 0 Å². The van der Waals surface area contributed by atoms with E-state index in [-0.39, 0.29) is 19.8 Å². The molecule has 25 heavy (non-hydrogen) atoms. The lowest BCUT2D eigenvalue weighted by atomic mass is 10.3. The largest absolute Gasteiger partial charge is 0.491 e. The summed E-state index contributed by atoms with van der Waals surface area (Å²) in [6.45, 7) is 1.85. The van der Waals surface area contributed by atoms with E-state index in [1.54, 1.807) is 6.07 Å². The monoisotopic (exact) mass is 347 g/mol. The number of nitrogens with one attached hydrogen (secondary N) is 1. The smallest absolute Gasteiger partial charge is 0.161 e. The molecule has 2 aromatic carbocycles. The molecule has 1 atom stereocenters. The highest BCUT2D eigenvalue weighted by Gasteiger charge is 2.06. The summed E-state index contributed by atoms with van der Waals surface area (Å²) < 4.78 is 16.6. The topological polar surface area (TPSA) is 80.2 Å². The molecule has 6 heteroatoms. The fraction of sp³-hybridized carbons (Fsp3) is 0.368. The van der Waals surface area contributed by atoms with Gasteiger partial charge in [-0.05, 0) is 24.3 Å². The molecule has 136 valence electrons. The predicted molar refractivity (Wildman–Crippen MR) is 95.3 cm³/mol. The van der Waals surface area contributed by atoms with E-state index < -0.39 is 6.10 Å². The molecule has 0 aliphatic rings. The molecule has 0 saturated carbocycles. The van der Waals surface area contributed by atoms with Gasteiger partial charge in [-0.15, -0.1) is 0 Å². The molecule has 1 unspecified atom stereocenters. The zero-order valence-electron chi connectivity index (χ0n) is 14.1. The van der Waals surface area contributed by atoms with Crippen molar-refractivity contribution in [2.24, 2.45) is 0 Å². The van der Waals surface area contributed by atoms with Crippen LogP contribution in [0.25, 0.3) is 0 Å². The summed E-state index contributed by atoms with van der Waals surface area (Å²) in [5.74, 6) is 1.97. The third-order valence-corrected chi connectivity index (χ3v) is 3.30. The molecule has 0 aliphatic carbocycles. The second-order valence-corrected chi connectivity index (χ2v) is 5.35. The Morgan fingerprint density at radius 2 is 1.48 bits per heavy atom. The molecule has 0 amide bonds. The van der Waals surface area contributed by atoms with Crippen molar-refractivity contribution in [3.63, 3.8) is 0 Å². The van der Waals surface area contributed by atoms with Crippen molar-refractivity contribution in [1.29, 1.82) is 0 Å². The minimum Gasteiger partial charge on any atom is -0.491 e. The maximum absolute atomic E-state index is 9.90. The molecule has 2 aromatic rings. The van der Waals surface area contributed by atoms with E-state index in [9.17, 15) is 5.11 Å². The zero-order valence-corrected chi connectivity index (χ0v) is 14.1. The van der Waals surface area contributed by atoms with E-state index in [2.05, 4.69) is 5.32 Å². The van der Waals surface area contributed by atoms with Gasteiger partial charge in [0.15, 0.2) is 11.5 Å². The van der Waals surface area contributed by atoms with Crippen molar-refractivity contribution in [2.45, 2.75) is 6.10 Å². The molecular weight excluding hydrogens is 322 g/mol. The van der Waals surface area contributed by atoms with Crippen molar-refractivity contribution in [3.8, 4) is 17.2 Å². The van der Waals surface area contributed by atoms with Crippen LogP contribution in [-0.2, 0) is 0 Å². The van der Waals surface area contributed by atoms with Gasteiger partial charge < -0.3 is 29.7 Å². The Hall–Kier alpha value is -2.28. The second kappa shape index (κ2) is 11.3. The van der Waals surface area contributed by atoms with Crippen molar-refractivity contribution < 1.29 is 24.4 Å². The number of hydrogen-bond acceptors (Lipinski definition) is 6. The maximum atomic E-state index is 9.90. The Labute approximate surface area is 148 Å². The highest BCUT2D eigenvalue weighted by molar-refractivity contribution is 5.39. The summed E-state index contributed by atoms with van der Waals surface area (Å²) in [6, 6.07) is 16.7. The number of rotatable bonds is 12. The molecule has 0 radical (unpaired) electrons. The summed E-state index contributed by atoms with van der Waals surface area (Å²) in [5, 5.41) is 21.8. The molecule has 0 spiro atoms. The second-order valence-electron chi connectivity index (χ2n) is 5.35. The summed E-state index contributed by atoms with van der Waals surface area (Å²) in [7, 11) is 0. The Morgan fingerprint density at radius 3 is 2.16 bits per heavy atom. The molecule has 0 bridgehead atoms. The average molecular weight is 347 g/mol. The lowest BCUT2D eigenvalue weighted by Gasteiger charge is -2.14. The molecule has 0 aromatic heterocycles. The minimum atomic E-state index is -0.597. The molecule has 2 rings (SSSR count). The summed E-state index contributed by atoms with van der Waals surface area (Å²) in [6.07, 6.45) is -0.597. The Bertz CT molecular complexity index is 593. The first-order chi connectivity index (χ1) is 12.3. The first-order valence-corrected chi connectivity index (χ1v) is 8.31. The van der Waals surface area contributed by atoms with Crippen LogP contribution in [0.2, 0.25) is 0 Å². The van der Waals surface area contributed by atoms with Crippen LogP contribution in [-0.4, -0.2) is 55.8 Å². The molecule has 6 nitrogen and oxygen atoms in total. The molecule has 0 heterocycles. The van der Waals surface area contributed by atoms with Crippen LogP contribution in [0, 0.1) is 0 Å². The van der Waals surface area contributed by atoms with Crippen molar-refractivity contribution in [1.82, 2.24) is 5.32 Å². The highest BCUT2D eigenvalue weighted by Crippen LogP contribution is 2.26. The van der Waals surface area contributed by atoms with Crippen LogP contribution in [0.15, 0.2) is 54.6 Å². The number of hydrogen-bond donors (Lipinski definition) is 3. The quantitative estimate of drug-likeness (QED) is 0.505. The number of para-hydroxylation sites is 3. The predicted octanol–water partition coefficient (Wildman–Crippen LogP) is 1.47. The molecular formula is C19H25NO5. The van der Waals surface area contributed by atoms with E-state index in [4.69, 9.17) is 19.3 Å². The van der Waals surface area contributed by atoms with Gasteiger partial charge in [0.2, 0.25) is 0 Å². The Balaban J connectivity index is 1.60. The fourth-order valence-electron chi connectivity index (χ4n) is 2.11. The van der Waals surface area contributed by atoms with Gasteiger partial charge in [-0.2, -0.15) is 0 Å². The highest BCUT2D eigenvalue weighted by atomic mass is 16.5. The third kappa shape index (κ3) is 7.43. The van der Waals surface area contributed by atoms with E-state index in [1.807, 2.05) is 48.5 Å². The minimum absolute atomic E-state index is 0.0428. The lowest BCUT2D eigenvalue weighted by Crippen LogP contribution is -2.33. The first kappa shape index (κ1) is 19.1. The molecule has 0 saturated heterocycles. The fourth-order valence-corrected chi connectivity index (χ4v) is 2.11.